The first-order valence-electron chi connectivity index (χ1n) is 6.55. The fraction of sp³-hybridized carbons (Fsp3) is 0.385. The summed E-state index contributed by atoms with van der Waals surface area (Å²) in [6.45, 7) is 7.68. The second-order valence-electron chi connectivity index (χ2n) is 4.28. The van der Waals surface area contributed by atoms with Crippen LogP contribution in [0.1, 0.15) is 30.3 Å². The average Bonchev–Trinajstić information content (AvgIpc) is 2.89. The Balaban J connectivity index is 2.05. The van der Waals surface area contributed by atoms with Gasteiger partial charge < -0.3 is 10.2 Å². The molecular formula is C13H18N6O. The minimum absolute atomic E-state index is 0.121. The van der Waals surface area contributed by atoms with Gasteiger partial charge in [0.25, 0.3) is 5.91 Å². The summed E-state index contributed by atoms with van der Waals surface area (Å²) in [6, 6.07) is 3.70. The van der Waals surface area contributed by atoms with Crippen LogP contribution in [-0.2, 0) is 0 Å². The molecule has 2 aromatic heterocycles. The van der Waals surface area contributed by atoms with Crippen molar-refractivity contribution in [3.05, 3.63) is 30.0 Å². The van der Waals surface area contributed by atoms with Gasteiger partial charge in [-0.15, -0.1) is 5.10 Å². The molecule has 0 aliphatic carbocycles. The van der Waals surface area contributed by atoms with Crippen LogP contribution in [0.4, 0.5) is 11.5 Å². The van der Waals surface area contributed by atoms with E-state index < -0.39 is 0 Å². The second kappa shape index (κ2) is 6.14. The van der Waals surface area contributed by atoms with Crippen molar-refractivity contribution in [3.63, 3.8) is 0 Å². The molecule has 106 valence electrons. The van der Waals surface area contributed by atoms with Gasteiger partial charge in [0.1, 0.15) is 11.6 Å². The Labute approximate surface area is 117 Å². The summed E-state index contributed by atoms with van der Waals surface area (Å²) in [5, 5.41) is 9.15. The summed E-state index contributed by atoms with van der Waals surface area (Å²) in [5.41, 5.74) is 0.619. The van der Waals surface area contributed by atoms with Gasteiger partial charge in [-0.25, -0.2) is 9.97 Å². The van der Waals surface area contributed by atoms with Crippen LogP contribution in [0.2, 0.25) is 0 Å². The SMILES string of the molecule is CCN(CC)c1ccc(NC(=O)c2n[nH]c(C)n2)cn1. The molecule has 0 spiro atoms. The maximum absolute atomic E-state index is 11.9. The fourth-order valence-corrected chi connectivity index (χ4v) is 1.83. The Kier molecular flexibility index (Phi) is 4.29. The van der Waals surface area contributed by atoms with Crippen molar-refractivity contribution in [2.75, 3.05) is 23.3 Å². The van der Waals surface area contributed by atoms with Crippen LogP contribution < -0.4 is 10.2 Å². The van der Waals surface area contributed by atoms with E-state index in [9.17, 15) is 4.79 Å². The number of aromatic nitrogens is 4. The Morgan fingerprint density at radius 3 is 2.60 bits per heavy atom. The van der Waals surface area contributed by atoms with Gasteiger partial charge in [-0.05, 0) is 32.9 Å². The molecule has 0 saturated heterocycles. The number of nitrogens with one attached hydrogen (secondary N) is 2. The number of pyridine rings is 1. The lowest BCUT2D eigenvalue weighted by Gasteiger charge is -2.19. The highest BCUT2D eigenvalue weighted by atomic mass is 16.2. The van der Waals surface area contributed by atoms with Gasteiger partial charge in [-0.3, -0.25) is 9.89 Å². The molecule has 20 heavy (non-hydrogen) atoms. The van der Waals surface area contributed by atoms with E-state index in [1.54, 1.807) is 13.1 Å². The van der Waals surface area contributed by atoms with E-state index in [1.807, 2.05) is 12.1 Å². The molecular weight excluding hydrogens is 256 g/mol. The highest BCUT2D eigenvalue weighted by Crippen LogP contribution is 2.14. The topological polar surface area (TPSA) is 86.8 Å². The molecule has 7 nitrogen and oxygen atoms in total. The second-order valence-corrected chi connectivity index (χ2v) is 4.28. The summed E-state index contributed by atoms with van der Waals surface area (Å²) < 4.78 is 0. The number of nitrogens with zero attached hydrogens (tertiary/aromatic N) is 4. The first-order valence-corrected chi connectivity index (χ1v) is 6.55. The standard InChI is InChI=1S/C13H18N6O/c1-4-19(5-2)11-7-6-10(8-14-11)16-13(20)12-15-9(3)17-18-12/h6-8H,4-5H2,1-3H3,(H,16,20)(H,15,17,18). The molecule has 0 bridgehead atoms. The molecule has 7 heteroatoms. The number of rotatable bonds is 5. The van der Waals surface area contributed by atoms with Crippen LogP contribution in [0.15, 0.2) is 18.3 Å². The van der Waals surface area contributed by atoms with Gasteiger partial charge in [-0.2, -0.15) is 0 Å². The van der Waals surface area contributed by atoms with E-state index >= 15 is 0 Å². The molecule has 2 rings (SSSR count). The molecule has 2 aromatic rings. The number of aryl methyl sites for hydroxylation is 1. The number of hydrogen-bond donors (Lipinski definition) is 2. The molecule has 0 aliphatic rings. The molecule has 0 fully saturated rings. The summed E-state index contributed by atoms with van der Waals surface area (Å²) in [6.07, 6.45) is 1.63. The van der Waals surface area contributed by atoms with Crippen LogP contribution in [0.5, 0.6) is 0 Å². The quantitative estimate of drug-likeness (QED) is 0.865. The predicted molar refractivity (Wildman–Crippen MR) is 76.9 cm³/mol. The summed E-state index contributed by atoms with van der Waals surface area (Å²) in [7, 11) is 0. The summed E-state index contributed by atoms with van der Waals surface area (Å²) in [5.74, 6) is 1.26. The molecule has 0 radical (unpaired) electrons. The molecule has 2 N–H and O–H groups in total. The van der Waals surface area contributed by atoms with Crippen LogP contribution in [0.3, 0.4) is 0 Å². The zero-order valence-corrected chi connectivity index (χ0v) is 11.8. The maximum Gasteiger partial charge on any atom is 0.295 e. The number of hydrogen-bond acceptors (Lipinski definition) is 5. The van der Waals surface area contributed by atoms with E-state index in [0.29, 0.717) is 11.5 Å². The lowest BCUT2D eigenvalue weighted by atomic mass is 10.3. The highest BCUT2D eigenvalue weighted by molar-refractivity contribution is 6.01. The third kappa shape index (κ3) is 3.11. The molecule has 0 atom stereocenters. The van der Waals surface area contributed by atoms with Gasteiger partial charge in [0.05, 0.1) is 11.9 Å². The monoisotopic (exact) mass is 274 g/mol. The third-order valence-corrected chi connectivity index (χ3v) is 2.89. The maximum atomic E-state index is 11.9. The van der Waals surface area contributed by atoms with Gasteiger partial charge >= 0.3 is 0 Å². The third-order valence-electron chi connectivity index (χ3n) is 2.89. The van der Waals surface area contributed by atoms with Crippen molar-refractivity contribution in [1.29, 1.82) is 0 Å². The first kappa shape index (κ1) is 14.0. The van der Waals surface area contributed by atoms with Crippen LogP contribution >= 0.6 is 0 Å². The van der Waals surface area contributed by atoms with E-state index in [2.05, 4.69) is 44.2 Å². The largest absolute Gasteiger partial charge is 0.357 e. The van der Waals surface area contributed by atoms with Gasteiger partial charge in [0.15, 0.2) is 0 Å². The highest BCUT2D eigenvalue weighted by Gasteiger charge is 2.11. The Morgan fingerprint density at radius 1 is 1.35 bits per heavy atom. The molecule has 0 saturated carbocycles. The van der Waals surface area contributed by atoms with Crippen molar-refractivity contribution >= 4 is 17.4 Å². The van der Waals surface area contributed by atoms with Gasteiger partial charge in [0, 0.05) is 13.1 Å². The van der Waals surface area contributed by atoms with Crippen molar-refractivity contribution < 1.29 is 4.79 Å². The van der Waals surface area contributed by atoms with Crippen LogP contribution in [0.25, 0.3) is 0 Å². The van der Waals surface area contributed by atoms with Crippen molar-refractivity contribution in [3.8, 4) is 0 Å². The number of H-pyrrole nitrogens is 1. The molecule has 0 aliphatic heterocycles. The Hall–Kier alpha value is -2.44. The smallest absolute Gasteiger partial charge is 0.295 e. The van der Waals surface area contributed by atoms with E-state index in [1.165, 1.54) is 0 Å². The Bertz CT molecular complexity index is 573. The number of carbonyl (C=O) groups excluding carboxylic acids is 1. The average molecular weight is 274 g/mol. The molecule has 1 amide bonds. The van der Waals surface area contributed by atoms with Crippen molar-refractivity contribution in [2.24, 2.45) is 0 Å². The summed E-state index contributed by atoms with van der Waals surface area (Å²) >= 11 is 0. The predicted octanol–water partition coefficient (Wildman–Crippen LogP) is 1.61. The van der Waals surface area contributed by atoms with Crippen molar-refractivity contribution in [2.45, 2.75) is 20.8 Å². The first-order chi connectivity index (χ1) is 9.63. The zero-order chi connectivity index (χ0) is 14.5. The number of aromatic amines is 1. The molecule has 2 heterocycles. The lowest BCUT2D eigenvalue weighted by molar-refractivity contribution is 0.101. The van der Waals surface area contributed by atoms with E-state index in [0.717, 1.165) is 18.9 Å². The molecule has 0 aromatic carbocycles. The molecule has 0 unspecified atom stereocenters. The minimum Gasteiger partial charge on any atom is -0.357 e. The van der Waals surface area contributed by atoms with Crippen molar-refractivity contribution in [1.82, 2.24) is 20.2 Å². The number of carbonyl (C=O) groups is 1. The Morgan fingerprint density at radius 2 is 2.10 bits per heavy atom. The van der Waals surface area contributed by atoms with Gasteiger partial charge in [0.2, 0.25) is 5.82 Å². The minimum atomic E-state index is -0.355. The zero-order valence-electron chi connectivity index (χ0n) is 11.8. The van der Waals surface area contributed by atoms with E-state index in [4.69, 9.17) is 0 Å². The number of anilines is 2. The normalized spacial score (nSPS) is 10.3. The number of amides is 1. The van der Waals surface area contributed by atoms with Crippen LogP contribution in [0, 0.1) is 6.92 Å². The fourth-order valence-electron chi connectivity index (χ4n) is 1.83. The van der Waals surface area contributed by atoms with Gasteiger partial charge in [-0.1, -0.05) is 0 Å². The van der Waals surface area contributed by atoms with E-state index in [-0.39, 0.29) is 11.7 Å². The van der Waals surface area contributed by atoms with Crippen LogP contribution in [-0.4, -0.2) is 39.2 Å². The summed E-state index contributed by atoms with van der Waals surface area (Å²) in [4.78, 5) is 22.3. The lowest BCUT2D eigenvalue weighted by Crippen LogP contribution is -2.23.